The second-order valence-corrected chi connectivity index (χ2v) is 3.05. The molecule has 1 aromatic carbocycles. The first kappa shape index (κ1) is 10.5. The van der Waals surface area contributed by atoms with Crippen molar-refractivity contribution in [3.63, 3.8) is 0 Å². The number of benzene rings is 1. The van der Waals surface area contributed by atoms with E-state index in [0.717, 1.165) is 0 Å². The SMILES string of the molecule is O=CNc1cccc2[nH]c(C(F)(F)F)nc12. The molecule has 0 aliphatic rings. The number of imidazole rings is 1. The molecular weight excluding hydrogens is 223 g/mol. The van der Waals surface area contributed by atoms with Crippen LogP contribution in [-0.4, -0.2) is 16.4 Å². The van der Waals surface area contributed by atoms with E-state index in [9.17, 15) is 18.0 Å². The van der Waals surface area contributed by atoms with Gasteiger partial charge in [0.2, 0.25) is 12.2 Å². The van der Waals surface area contributed by atoms with E-state index in [2.05, 4.69) is 15.3 Å². The largest absolute Gasteiger partial charge is 0.449 e. The summed E-state index contributed by atoms with van der Waals surface area (Å²) in [7, 11) is 0. The van der Waals surface area contributed by atoms with Crippen LogP contribution in [0.1, 0.15) is 5.82 Å². The van der Waals surface area contributed by atoms with Crippen LogP contribution < -0.4 is 5.32 Å². The Morgan fingerprint density at radius 1 is 1.38 bits per heavy atom. The van der Waals surface area contributed by atoms with Gasteiger partial charge in [-0.25, -0.2) is 4.98 Å². The highest BCUT2D eigenvalue weighted by molar-refractivity contribution is 5.92. The minimum Gasteiger partial charge on any atom is -0.334 e. The summed E-state index contributed by atoms with van der Waals surface area (Å²) >= 11 is 0. The van der Waals surface area contributed by atoms with Crippen molar-refractivity contribution < 1.29 is 18.0 Å². The zero-order valence-corrected chi connectivity index (χ0v) is 7.80. The van der Waals surface area contributed by atoms with Gasteiger partial charge >= 0.3 is 6.18 Å². The Kier molecular flexibility index (Phi) is 2.30. The molecule has 1 amide bonds. The first-order valence-corrected chi connectivity index (χ1v) is 4.28. The number of nitrogens with zero attached hydrogens (tertiary/aromatic N) is 1. The number of amides is 1. The van der Waals surface area contributed by atoms with E-state index in [-0.39, 0.29) is 16.7 Å². The van der Waals surface area contributed by atoms with Gasteiger partial charge in [-0.3, -0.25) is 4.79 Å². The number of hydrogen-bond acceptors (Lipinski definition) is 2. The third-order valence-electron chi connectivity index (χ3n) is 2.00. The van der Waals surface area contributed by atoms with Gasteiger partial charge in [0.25, 0.3) is 0 Å². The van der Waals surface area contributed by atoms with E-state index in [1.54, 1.807) is 0 Å². The maximum absolute atomic E-state index is 12.4. The number of fused-ring (bicyclic) bond motifs is 1. The molecule has 2 N–H and O–H groups in total. The minimum atomic E-state index is -4.53. The highest BCUT2D eigenvalue weighted by Gasteiger charge is 2.34. The molecule has 0 atom stereocenters. The van der Waals surface area contributed by atoms with Gasteiger partial charge in [0, 0.05) is 0 Å². The Labute approximate surface area is 87.5 Å². The lowest BCUT2D eigenvalue weighted by Crippen LogP contribution is -2.07. The van der Waals surface area contributed by atoms with Crippen molar-refractivity contribution in [2.24, 2.45) is 0 Å². The maximum atomic E-state index is 12.4. The number of H-pyrrole nitrogens is 1. The van der Waals surface area contributed by atoms with Crippen molar-refractivity contribution in [2.75, 3.05) is 5.32 Å². The molecule has 0 fully saturated rings. The van der Waals surface area contributed by atoms with Crippen LogP contribution in [0.25, 0.3) is 11.0 Å². The molecule has 0 spiro atoms. The number of halogens is 3. The zero-order valence-electron chi connectivity index (χ0n) is 7.80. The number of hydrogen-bond donors (Lipinski definition) is 2. The molecule has 4 nitrogen and oxygen atoms in total. The number of aromatic nitrogens is 2. The summed E-state index contributed by atoms with van der Waals surface area (Å²) in [4.78, 5) is 15.8. The van der Waals surface area contributed by atoms with Crippen LogP contribution in [-0.2, 0) is 11.0 Å². The highest BCUT2D eigenvalue weighted by Crippen LogP contribution is 2.30. The molecule has 1 heterocycles. The Morgan fingerprint density at radius 2 is 2.12 bits per heavy atom. The van der Waals surface area contributed by atoms with Gasteiger partial charge in [-0.15, -0.1) is 0 Å². The zero-order chi connectivity index (χ0) is 11.8. The van der Waals surface area contributed by atoms with Crippen LogP contribution >= 0.6 is 0 Å². The number of alkyl halides is 3. The van der Waals surface area contributed by atoms with Crippen LogP contribution in [0, 0.1) is 0 Å². The topological polar surface area (TPSA) is 57.8 Å². The average Bonchev–Trinajstić information content (AvgIpc) is 2.62. The van der Waals surface area contributed by atoms with Crippen molar-refractivity contribution in [2.45, 2.75) is 6.18 Å². The van der Waals surface area contributed by atoms with Crippen molar-refractivity contribution in [1.82, 2.24) is 9.97 Å². The Bertz CT molecular complexity index is 532. The molecule has 0 radical (unpaired) electrons. The molecule has 0 aliphatic carbocycles. The molecule has 0 saturated carbocycles. The lowest BCUT2D eigenvalue weighted by Gasteiger charge is -1.99. The number of nitrogens with one attached hydrogen (secondary N) is 2. The third-order valence-corrected chi connectivity index (χ3v) is 2.00. The average molecular weight is 229 g/mol. The fourth-order valence-electron chi connectivity index (χ4n) is 1.35. The van der Waals surface area contributed by atoms with E-state index in [1.807, 2.05) is 0 Å². The van der Waals surface area contributed by atoms with Crippen LogP contribution in [0.3, 0.4) is 0 Å². The number of para-hydroxylation sites is 1. The van der Waals surface area contributed by atoms with Crippen molar-refractivity contribution in [3.8, 4) is 0 Å². The van der Waals surface area contributed by atoms with E-state index in [1.165, 1.54) is 18.2 Å². The molecule has 2 rings (SSSR count). The maximum Gasteiger partial charge on any atom is 0.449 e. The fraction of sp³-hybridized carbons (Fsp3) is 0.111. The smallest absolute Gasteiger partial charge is 0.334 e. The normalized spacial score (nSPS) is 11.7. The molecular formula is C9H6F3N3O. The summed E-state index contributed by atoms with van der Waals surface area (Å²) in [5.41, 5.74) is 0.542. The monoisotopic (exact) mass is 229 g/mol. The summed E-state index contributed by atoms with van der Waals surface area (Å²) in [6.07, 6.45) is -4.14. The van der Waals surface area contributed by atoms with Gasteiger partial charge < -0.3 is 10.3 Å². The molecule has 1 aromatic heterocycles. The van der Waals surface area contributed by atoms with E-state index in [4.69, 9.17) is 0 Å². The minimum absolute atomic E-state index is 0.0851. The summed E-state index contributed by atoms with van der Waals surface area (Å²) in [5, 5.41) is 2.28. The van der Waals surface area contributed by atoms with E-state index >= 15 is 0 Å². The summed E-state index contributed by atoms with van der Waals surface area (Å²) < 4.78 is 37.1. The lowest BCUT2D eigenvalue weighted by atomic mass is 10.3. The summed E-state index contributed by atoms with van der Waals surface area (Å²) in [6, 6.07) is 4.44. The molecule has 7 heteroatoms. The number of carbonyl (C=O) groups excluding carboxylic acids is 1. The second-order valence-electron chi connectivity index (χ2n) is 3.05. The van der Waals surface area contributed by atoms with Gasteiger partial charge in [-0.05, 0) is 12.1 Å². The lowest BCUT2D eigenvalue weighted by molar-refractivity contribution is -0.144. The van der Waals surface area contributed by atoms with Gasteiger partial charge in [0.1, 0.15) is 5.52 Å². The predicted molar refractivity (Wildman–Crippen MR) is 50.8 cm³/mol. The fourth-order valence-corrected chi connectivity index (χ4v) is 1.35. The van der Waals surface area contributed by atoms with Gasteiger partial charge in [-0.2, -0.15) is 13.2 Å². The quantitative estimate of drug-likeness (QED) is 0.775. The Balaban J connectivity index is 2.61. The third kappa shape index (κ3) is 1.71. The second kappa shape index (κ2) is 3.51. The standard InChI is InChI=1S/C9H6F3N3O/c10-9(11,12)8-14-6-3-1-2-5(13-4-16)7(6)15-8/h1-4H,(H,13,16)(H,14,15). The van der Waals surface area contributed by atoms with Gasteiger partial charge in [0.15, 0.2) is 0 Å². The molecule has 0 aliphatic heterocycles. The van der Waals surface area contributed by atoms with Crippen molar-refractivity contribution >= 4 is 23.1 Å². The number of aromatic amines is 1. The molecule has 0 bridgehead atoms. The summed E-state index contributed by atoms with van der Waals surface area (Å²) in [5.74, 6) is -1.08. The number of rotatable bonds is 2. The highest BCUT2D eigenvalue weighted by atomic mass is 19.4. The molecule has 0 saturated heterocycles. The number of carbonyl (C=O) groups is 1. The molecule has 0 unspecified atom stereocenters. The van der Waals surface area contributed by atoms with E-state index < -0.39 is 12.0 Å². The summed E-state index contributed by atoms with van der Waals surface area (Å²) in [6.45, 7) is 0. The molecule has 84 valence electrons. The number of anilines is 1. The van der Waals surface area contributed by atoms with Gasteiger partial charge in [0.05, 0.1) is 11.2 Å². The van der Waals surface area contributed by atoms with Crippen LogP contribution in [0.15, 0.2) is 18.2 Å². The molecule has 2 aromatic rings. The first-order valence-electron chi connectivity index (χ1n) is 4.28. The van der Waals surface area contributed by atoms with Crippen LogP contribution in [0.5, 0.6) is 0 Å². The van der Waals surface area contributed by atoms with Crippen LogP contribution in [0.2, 0.25) is 0 Å². The van der Waals surface area contributed by atoms with Crippen molar-refractivity contribution in [3.05, 3.63) is 24.0 Å². The van der Waals surface area contributed by atoms with Crippen LogP contribution in [0.4, 0.5) is 18.9 Å². The van der Waals surface area contributed by atoms with Crippen molar-refractivity contribution in [1.29, 1.82) is 0 Å². The molecule has 16 heavy (non-hydrogen) atoms. The predicted octanol–water partition coefficient (Wildman–Crippen LogP) is 2.15. The first-order chi connectivity index (χ1) is 7.52. The Morgan fingerprint density at radius 3 is 2.75 bits per heavy atom. The van der Waals surface area contributed by atoms with E-state index in [0.29, 0.717) is 6.41 Å². The van der Waals surface area contributed by atoms with Gasteiger partial charge in [-0.1, -0.05) is 6.07 Å². The Hall–Kier alpha value is -2.05.